The van der Waals surface area contributed by atoms with E-state index in [4.69, 9.17) is 32.7 Å². The summed E-state index contributed by atoms with van der Waals surface area (Å²) in [5, 5.41) is 9.78. The molecule has 1 aromatic carbocycles. The molecule has 1 fully saturated rings. The van der Waals surface area contributed by atoms with Gasteiger partial charge in [0.1, 0.15) is 0 Å². The monoisotopic (exact) mass is 333 g/mol. The normalized spacial score (nSPS) is 22.2. The molecule has 1 saturated heterocycles. The summed E-state index contributed by atoms with van der Waals surface area (Å²) in [5.74, 6) is 0.147. The Morgan fingerprint density at radius 2 is 2.05 bits per heavy atom. The van der Waals surface area contributed by atoms with Crippen LogP contribution in [0.4, 0.5) is 0 Å². The van der Waals surface area contributed by atoms with Crippen molar-refractivity contribution in [3.63, 3.8) is 0 Å². The molecule has 0 aromatic heterocycles. The Bertz CT molecular complexity index is 515. The van der Waals surface area contributed by atoms with Crippen molar-refractivity contribution in [3.05, 3.63) is 27.7 Å². The predicted molar refractivity (Wildman–Crippen MR) is 80.3 cm³/mol. The lowest BCUT2D eigenvalue weighted by Crippen LogP contribution is -2.50. The molecule has 5 nitrogen and oxygen atoms in total. The lowest BCUT2D eigenvalue weighted by molar-refractivity contribution is -0.0858. The van der Waals surface area contributed by atoms with E-state index in [1.807, 2.05) is 6.92 Å². The molecule has 2 atom stereocenters. The van der Waals surface area contributed by atoms with E-state index >= 15 is 0 Å². The molecular formula is C14H17Cl2NO4. The largest absolute Gasteiger partial charge is 0.494 e. The van der Waals surface area contributed by atoms with Crippen molar-refractivity contribution in [2.45, 2.75) is 19.1 Å². The van der Waals surface area contributed by atoms with Crippen LogP contribution in [0.25, 0.3) is 0 Å². The number of amides is 1. The third-order valence-electron chi connectivity index (χ3n) is 3.27. The zero-order valence-corrected chi connectivity index (χ0v) is 13.3. The molecular weight excluding hydrogens is 317 g/mol. The van der Waals surface area contributed by atoms with Gasteiger partial charge in [-0.3, -0.25) is 4.79 Å². The summed E-state index contributed by atoms with van der Waals surface area (Å²) in [6, 6.07) is 3.06. The van der Waals surface area contributed by atoms with E-state index in [1.54, 1.807) is 4.90 Å². The van der Waals surface area contributed by atoms with E-state index in [1.165, 1.54) is 19.2 Å². The Kier molecular flexibility index (Phi) is 5.32. The molecule has 1 heterocycles. The maximum atomic E-state index is 12.5. The van der Waals surface area contributed by atoms with Crippen LogP contribution in [0, 0.1) is 0 Å². The Morgan fingerprint density at radius 1 is 1.43 bits per heavy atom. The number of benzene rings is 1. The summed E-state index contributed by atoms with van der Waals surface area (Å²) in [6.45, 7) is 2.52. The minimum absolute atomic E-state index is 0.127. The van der Waals surface area contributed by atoms with Crippen LogP contribution in [0.15, 0.2) is 12.1 Å². The van der Waals surface area contributed by atoms with Gasteiger partial charge in [0, 0.05) is 18.7 Å². The van der Waals surface area contributed by atoms with Gasteiger partial charge in [0.2, 0.25) is 0 Å². The van der Waals surface area contributed by atoms with Crippen molar-refractivity contribution in [2.24, 2.45) is 0 Å². The van der Waals surface area contributed by atoms with Crippen molar-refractivity contribution in [3.8, 4) is 5.75 Å². The lowest BCUT2D eigenvalue weighted by Gasteiger charge is -2.36. The summed E-state index contributed by atoms with van der Waals surface area (Å²) in [5.41, 5.74) is 0.386. The number of nitrogens with zero attached hydrogens (tertiary/aromatic N) is 1. The van der Waals surface area contributed by atoms with Crippen LogP contribution in [-0.4, -0.2) is 54.9 Å². The number of aliphatic hydroxyl groups is 1. The Morgan fingerprint density at radius 3 is 2.57 bits per heavy atom. The second kappa shape index (κ2) is 6.83. The molecule has 0 spiro atoms. The average molecular weight is 334 g/mol. The van der Waals surface area contributed by atoms with Gasteiger partial charge in [0.05, 0.1) is 36.0 Å². The minimum Gasteiger partial charge on any atom is -0.494 e. The fourth-order valence-corrected chi connectivity index (χ4v) is 3.01. The van der Waals surface area contributed by atoms with Gasteiger partial charge in [-0.1, -0.05) is 23.2 Å². The molecule has 1 aliphatic heterocycles. The first-order valence-electron chi connectivity index (χ1n) is 6.54. The molecule has 0 radical (unpaired) electrons. The highest BCUT2D eigenvalue weighted by Gasteiger charge is 2.29. The maximum absolute atomic E-state index is 12.5. The number of aliphatic hydroxyl groups excluding tert-OH is 1. The highest BCUT2D eigenvalue weighted by atomic mass is 35.5. The topological polar surface area (TPSA) is 59.0 Å². The number of ether oxygens (including phenoxy) is 2. The first kappa shape index (κ1) is 16.4. The van der Waals surface area contributed by atoms with E-state index in [-0.39, 0.29) is 34.8 Å². The van der Waals surface area contributed by atoms with Gasteiger partial charge in [0.15, 0.2) is 5.75 Å². The molecule has 1 aromatic rings. The molecule has 1 N–H and O–H groups in total. The van der Waals surface area contributed by atoms with Crippen LogP contribution in [0.1, 0.15) is 17.3 Å². The minimum atomic E-state index is -0.373. The van der Waals surface area contributed by atoms with Gasteiger partial charge >= 0.3 is 0 Å². The van der Waals surface area contributed by atoms with Crippen molar-refractivity contribution in [1.82, 2.24) is 4.90 Å². The van der Waals surface area contributed by atoms with E-state index in [0.717, 1.165) is 0 Å². The number of halogens is 2. The Hall–Kier alpha value is -1.01. The second-order valence-corrected chi connectivity index (χ2v) is 5.75. The molecule has 1 aliphatic rings. The summed E-state index contributed by atoms with van der Waals surface area (Å²) >= 11 is 12.1. The van der Waals surface area contributed by atoms with Gasteiger partial charge in [-0.05, 0) is 19.1 Å². The molecule has 2 rings (SSSR count). The smallest absolute Gasteiger partial charge is 0.254 e. The van der Waals surface area contributed by atoms with Crippen LogP contribution >= 0.6 is 23.2 Å². The molecule has 1 amide bonds. The fraction of sp³-hybridized carbons (Fsp3) is 0.500. The van der Waals surface area contributed by atoms with Crippen molar-refractivity contribution < 1.29 is 19.4 Å². The van der Waals surface area contributed by atoms with Crippen LogP contribution in [0.3, 0.4) is 0 Å². The predicted octanol–water partition coefficient (Wildman–Crippen LogP) is 2.22. The number of carbonyl (C=O) groups is 1. The van der Waals surface area contributed by atoms with Gasteiger partial charge in [-0.15, -0.1) is 0 Å². The number of hydrogen-bond acceptors (Lipinski definition) is 4. The maximum Gasteiger partial charge on any atom is 0.254 e. The van der Waals surface area contributed by atoms with Crippen molar-refractivity contribution in [2.75, 3.05) is 26.8 Å². The SMILES string of the molecule is COc1c(Cl)cc(C(=O)N2CC(C)OC(CO)C2)cc1Cl. The highest BCUT2D eigenvalue weighted by Crippen LogP contribution is 2.34. The molecule has 116 valence electrons. The van der Waals surface area contributed by atoms with Gasteiger partial charge < -0.3 is 19.5 Å². The van der Waals surface area contributed by atoms with E-state index < -0.39 is 0 Å². The summed E-state index contributed by atoms with van der Waals surface area (Å²) < 4.78 is 10.6. The van der Waals surface area contributed by atoms with E-state index in [2.05, 4.69) is 0 Å². The molecule has 0 bridgehead atoms. The molecule has 0 aliphatic carbocycles. The van der Waals surface area contributed by atoms with Crippen LogP contribution in [0.5, 0.6) is 5.75 Å². The number of methoxy groups -OCH3 is 1. The number of rotatable bonds is 3. The quantitative estimate of drug-likeness (QED) is 0.921. The number of carbonyl (C=O) groups excluding carboxylic acids is 1. The molecule has 21 heavy (non-hydrogen) atoms. The molecule has 2 unspecified atom stereocenters. The number of hydrogen-bond donors (Lipinski definition) is 1. The zero-order valence-electron chi connectivity index (χ0n) is 11.8. The van der Waals surface area contributed by atoms with E-state index in [9.17, 15) is 9.90 Å². The fourth-order valence-electron chi connectivity index (χ4n) is 2.37. The third-order valence-corrected chi connectivity index (χ3v) is 3.83. The Balaban J connectivity index is 2.23. The standard InChI is InChI=1S/C14H17Cl2NO4/c1-8-5-17(6-10(7-18)21-8)14(19)9-3-11(15)13(20-2)12(16)4-9/h3-4,8,10,18H,5-7H2,1-2H3. The second-order valence-electron chi connectivity index (χ2n) is 4.93. The average Bonchev–Trinajstić information content (AvgIpc) is 2.45. The lowest BCUT2D eigenvalue weighted by atomic mass is 10.1. The first-order chi connectivity index (χ1) is 9.96. The van der Waals surface area contributed by atoms with E-state index in [0.29, 0.717) is 24.4 Å². The number of morpholine rings is 1. The van der Waals surface area contributed by atoms with Gasteiger partial charge in [-0.25, -0.2) is 0 Å². The molecule has 7 heteroatoms. The van der Waals surface area contributed by atoms with Crippen LogP contribution in [-0.2, 0) is 4.74 Å². The Labute approximate surface area is 133 Å². The van der Waals surface area contributed by atoms with Crippen molar-refractivity contribution >= 4 is 29.1 Å². The van der Waals surface area contributed by atoms with Crippen LogP contribution in [0.2, 0.25) is 10.0 Å². The van der Waals surface area contributed by atoms with Gasteiger partial charge in [-0.2, -0.15) is 0 Å². The summed E-state index contributed by atoms with van der Waals surface area (Å²) in [4.78, 5) is 14.2. The van der Waals surface area contributed by atoms with Crippen LogP contribution < -0.4 is 4.74 Å². The summed E-state index contributed by atoms with van der Waals surface area (Å²) in [7, 11) is 1.46. The first-order valence-corrected chi connectivity index (χ1v) is 7.30. The third kappa shape index (κ3) is 3.61. The summed E-state index contributed by atoms with van der Waals surface area (Å²) in [6.07, 6.45) is -0.508. The van der Waals surface area contributed by atoms with Gasteiger partial charge in [0.25, 0.3) is 5.91 Å². The molecule has 0 saturated carbocycles. The van der Waals surface area contributed by atoms with Crippen molar-refractivity contribution in [1.29, 1.82) is 0 Å². The zero-order chi connectivity index (χ0) is 15.6. The highest BCUT2D eigenvalue weighted by molar-refractivity contribution is 6.37.